The summed E-state index contributed by atoms with van der Waals surface area (Å²) in [5.41, 5.74) is 3.00. The van der Waals surface area contributed by atoms with Gasteiger partial charge in [-0.3, -0.25) is 9.59 Å². The van der Waals surface area contributed by atoms with Crippen molar-refractivity contribution in [1.29, 1.82) is 0 Å². The molecule has 1 atom stereocenters. The topological polar surface area (TPSA) is 77.8 Å². The second kappa shape index (κ2) is 8.06. The number of aromatic nitrogens is 1. The highest BCUT2D eigenvalue weighted by Gasteiger charge is 2.32. The zero-order valence-corrected chi connectivity index (χ0v) is 16.9. The van der Waals surface area contributed by atoms with Gasteiger partial charge in [-0.2, -0.15) is 0 Å². The number of carbonyl (C=O) groups is 1. The number of methoxy groups -OCH3 is 1. The highest BCUT2D eigenvalue weighted by Crippen LogP contribution is 2.37. The molecule has 0 unspecified atom stereocenters. The lowest BCUT2D eigenvalue weighted by molar-refractivity contribution is -0.135. The lowest BCUT2D eigenvalue weighted by Crippen LogP contribution is -2.33. The molecule has 1 N–H and O–H groups in total. The molecule has 2 aromatic carbocycles. The van der Waals surface area contributed by atoms with E-state index in [1.807, 2.05) is 43.3 Å². The molecule has 2 heterocycles. The molecular weight excluding hydrogens is 382 g/mol. The van der Waals surface area contributed by atoms with Crippen LogP contribution in [0.15, 0.2) is 59.4 Å². The van der Waals surface area contributed by atoms with Crippen LogP contribution in [-0.4, -0.2) is 22.8 Å². The quantitative estimate of drug-likeness (QED) is 0.657. The lowest BCUT2D eigenvalue weighted by atomic mass is 9.87. The summed E-state index contributed by atoms with van der Waals surface area (Å²) in [6.07, 6.45) is 0.766. The van der Waals surface area contributed by atoms with Crippen LogP contribution in [0.1, 0.15) is 34.7 Å². The van der Waals surface area contributed by atoms with Crippen molar-refractivity contribution in [3.05, 3.63) is 87.3 Å². The summed E-state index contributed by atoms with van der Waals surface area (Å²) in [6.45, 7) is 2.33. The maximum absolute atomic E-state index is 13.4. The van der Waals surface area contributed by atoms with Crippen LogP contribution in [0.3, 0.4) is 0 Å². The number of phenols is 1. The minimum absolute atomic E-state index is 0.121. The largest absolute Gasteiger partial charge is 0.508 e. The number of phenolic OH excluding ortho intramolecular Hbond substituents is 1. The van der Waals surface area contributed by atoms with Gasteiger partial charge in [0.05, 0.1) is 19.1 Å². The molecule has 0 bridgehead atoms. The Morgan fingerprint density at radius 3 is 2.47 bits per heavy atom. The highest BCUT2D eigenvalue weighted by molar-refractivity contribution is 5.77. The summed E-state index contributed by atoms with van der Waals surface area (Å²) < 4.78 is 12.4. The van der Waals surface area contributed by atoms with Gasteiger partial charge in [0.2, 0.25) is 0 Å². The highest BCUT2D eigenvalue weighted by atomic mass is 16.5. The number of nitrogens with zero attached hydrogens (tertiary/aromatic N) is 1. The molecule has 0 amide bonds. The van der Waals surface area contributed by atoms with Gasteiger partial charge in [-0.25, -0.2) is 0 Å². The van der Waals surface area contributed by atoms with Crippen LogP contribution < -0.4 is 15.0 Å². The first kappa shape index (κ1) is 19.8. The fraction of sp³-hybridized carbons (Fsp3) is 0.250. The van der Waals surface area contributed by atoms with Crippen molar-refractivity contribution in [3.63, 3.8) is 0 Å². The first-order chi connectivity index (χ1) is 14.5. The molecule has 6 nitrogen and oxygen atoms in total. The van der Waals surface area contributed by atoms with Crippen molar-refractivity contribution in [3.8, 4) is 17.2 Å². The number of fused-ring (bicyclic) bond motifs is 1. The smallest absolute Gasteiger partial charge is 0.312 e. The van der Waals surface area contributed by atoms with Gasteiger partial charge in [0, 0.05) is 24.2 Å². The van der Waals surface area contributed by atoms with Gasteiger partial charge in [0.15, 0.2) is 0 Å². The van der Waals surface area contributed by atoms with Crippen molar-refractivity contribution in [2.45, 2.75) is 32.2 Å². The average molecular weight is 405 g/mol. The molecule has 0 radical (unpaired) electrons. The molecule has 1 aliphatic rings. The second-order valence-electron chi connectivity index (χ2n) is 7.44. The van der Waals surface area contributed by atoms with Gasteiger partial charge >= 0.3 is 5.97 Å². The van der Waals surface area contributed by atoms with Crippen molar-refractivity contribution >= 4 is 5.97 Å². The monoisotopic (exact) mass is 405 g/mol. The van der Waals surface area contributed by atoms with Crippen LogP contribution in [0.25, 0.3) is 0 Å². The first-order valence-corrected chi connectivity index (χ1v) is 9.83. The molecule has 0 spiro atoms. The number of rotatable bonds is 5. The third-order valence-corrected chi connectivity index (χ3v) is 5.53. The van der Waals surface area contributed by atoms with Gasteiger partial charge in [-0.15, -0.1) is 0 Å². The Bertz CT molecular complexity index is 1130. The minimum Gasteiger partial charge on any atom is -0.508 e. The third kappa shape index (κ3) is 3.81. The normalized spacial score (nSPS) is 15.4. The van der Waals surface area contributed by atoms with Crippen LogP contribution in [-0.2, 0) is 17.8 Å². The van der Waals surface area contributed by atoms with E-state index in [4.69, 9.17) is 9.47 Å². The Morgan fingerprint density at radius 1 is 1.10 bits per heavy atom. The predicted octanol–water partition coefficient (Wildman–Crippen LogP) is 3.55. The standard InChI is InChI=1S/C24H23NO5/c1-15-13-21-23(24(28)25(15)12-11-16-3-7-18(26)8-4-16)20(14-22(27)30-21)17-5-9-19(29-2)10-6-17/h3-10,13,20,26H,11-12,14H2,1-2H3/t20-/m0/s1. The number of hydrogen-bond donors (Lipinski definition) is 1. The maximum atomic E-state index is 13.4. The molecule has 30 heavy (non-hydrogen) atoms. The number of benzene rings is 2. The summed E-state index contributed by atoms with van der Waals surface area (Å²) in [5.74, 6) is 0.567. The van der Waals surface area contributed by atoms with Crippen LogP contribution in [0.4, 0.5) is 0 Å². The average Bonchev–Trinajstić information content (AvgIpc) is 2.74. The van der Waals surface area contributed by atoms with E-state index in [9.17, 15) is 14.7 Å². The van der Waals surface area contributed by atoms with E-state index in [0.29, 0.717) is 30.0 Å². The van der Waals surface area contributed by atoms with Crippen molar-refractivity contribution in [1.82, 2.24) is 4.57 Å². The zero-order valence-electron chi connectivity index (χ0n) is 16.9. The fourth-order valence-corrected chi connectivity index (χ4v) is 3.90. The predicted molar refractivity (Wildman–Crippen MR) is 112 cm³/mol. The Labute approximate surface area is 174 Å². The van der Waals surface area contributed by atoms with Crippen LogP contribution >= 0.6 is 0 Å². The molecule has 0 saturated heterocycles. The summed E-state index contributed by atoms with van der Waals surface area (Å²) in [4.78, 5) is 25.6. The van der Waals surface area contributed by atoms with E-state index in [1.54, 1.807) is 29.9 Å². The van der Waals surface area contributed by atoms with Gasteiger partial charge in [-0.1, -0.05) is 24.3 Å². The molecule has 0 aliphatic carbocycles. The van der Waals surface area contributed by atoms with Gasteiger partial charge in [0.1, 0.15) is 17.2 Å². The Hall–Kier alpha value is -3.54. The fourth-order valence-electron chi connectivity index (χ4n) is 3.90. The molecule has 1 aliphatic heterocycles. The van der Waals surface area contributed by atoms with E-state index in [1.165, 1.54) is 0 Å². The molecule has 0 fully saturated rings. The molecule has 1 aromatic heterocycles. The number of aryl methyl sites for hydroxylation is 2. The van der Waals surface area contributed by atoms with Crippen LogP contribution in [0.5, 0.6) is 17.2 Å². The Balaban J connectivity index is 1.71. The number of esters is 1. The molecule has 6 heteroatoms. The Kier molecular flexibility index (Phi) is 5.31. The number of pyridine rings is 1. The van der Waals surface area contributed by atoms with Crippen molar-refractivity contribution in [2.24, 2.45) is 0 Å². The number of hydrogen-bond acceptors (Lipinski definition) is 5. The summed E-state index contributed by atoms with van der Waals surface area (Å²) in [6, 6.07) is 16.1. The summed E-state index contributed by atoms with van der Waals surface area (Å²) >= 11 is 0. The van der Waals surface area contributed by atoms with E-state index >= 15 is 0 Å². The van der Waals surface area contributed by atoms with Gasteiger partial charge in [0.25, 0.3) is 5.56 Å². The molecule has 4 rings (SSSR count). The molecular formula is C24H23NO5. The van der Waals surface area contributed by atoms with Crippen molar-refractivity contribution in [2.75, 3.05) is 7.11 Å². The number of aromatic hydroxyl groups is 1. The lowest BCUT2D eigenvalue weighted by Gasteiger charge is -2.26. The van der Waals surface area contributed by atoms with E-state index in [-0.39, 0.29) is 29.6 Å². The van der Waals surface area contributed by atoms with Crippen molar-refractivity contribution < 1.29 is 19.4 Å². The Morgan fingerprint density at radius 2 is 1.80 bits per heavy atom. The first-order valence-electron chi connectivity index (χ1n) is 9.83. The van der Waals surface area contributed by atoms with Gasteiger partial charge in [-0.05, 0) is 48.7 Å². The SMILES string of the molecule is COc1ccc([C@@H]2CC(=O)Oc3cc(C)n(CCc4ccc(O)cc4)c(=O)c32)cc1. The molecule has 3 aromatic rings. The van der Waals surface area contributed by atoms with E-state index < -0.39 is 0 Å². The molecule has 154 valence electrons. The zero-order chi connectivity index (χ0) is 21.3. The van der Waals surface area contributed by atoms with Crippen LogP contribution in [0, 0.1) is 6.92 Å². The second-order valence-corrected chi connectivity index (χ2v) is 7.44. The number of ether oxygens (including phenoxy) is 2. The third-order valence-electron chi connectivity index (χ3n) is 5.53. The van der Waals surface area contributed by atoms with Crippen LogP contribution in [0.2, 0.25) is 0 Å². The van der Waals surface area contributed by atoms with Gasteiger partial charge < -0.3 is 19.1 Å². The summed E-state index contributed by atoms with van der Waals surface area (Å²) in [5, 5.41) is 9.45. The molecule has 0 saturated carbocycles. The summed E-state index contributed by atoms with van der Waals surface area (Å²) in [7, 11) is 1.60. The minimum atomic E-state index is -0.361. The maximum Gasteiger partial charge on any atom is 0.312 e. The van der Waals surface area contributed by atoms with E-state index in [2.05, 4.69) is 0 Å². The number of carbonyl (C=O) groups excluding carboxylic acids is 1. The van der Waals surface area contributed by atoms with E-state index in [0.717, 1.165) is 16.8 Å².